The molecule has 0 unspecified atom stereocenters. The normalized spacial score (nSPS) is 12.0. The van der Waals surface area contributed by atoms with Gasteiger partial charge in [-0.15, -0.1) is 11.3 Å². The number of carbonyl (C=O) groups is 3. The van der Waals surface area contributed by atoms with Crippen LogP contribution in [0.4, 0.5) is 5.69 Å². The number of fused-ring (bicyclic) bond motifs is 1. The summed E-state index contributed by atoms with van der Waals surface area (Å²) in [6.45, 7) is 1.48. The molecule has 1 aliphatic heterocycles. The number of benzene rings is 1. The van der Waals surface area contributed by atoms with Gasteiger partial charge in [0.25, 0.3) is 11.6 Å². The molecule has 1 aliphatic rings. The zero-order valence-electron chi connectivity index (χ0n) is 15.6. The molecule has 2 heterocycles. The molecule has 158 valence electrons. The van der Waals surface area contributed by atoms with Crippen molar-refractivity contribution in [2.24, 2.45) is 0 Å². The molecular weight excluding hydrogens is 420 g/mol. The van der Waals surface area contributed by atoms with Crippen molar-refractivity contribution in [3.8, 4) is 11.5 Å². The lowest BCUT2D eigenvalue weighted by Crippen LogP contribution is -2.44. The monoisotopic (exact) mass is 436 g/mol. The lowest BCUT2D eigenvalue weighted by atomic mass is 10.1. The topological polar surface area (TPSA) is 159 Å². The molecule has 0 fully saturated rings. The van der Waals surface area contributed by atoms with Crippen molar-refractivity contribution in [1.29, 1.82) is 0 Å². The van der Waals surface area contributed by atoms with E-state index in [9.17, 15) is 24.5 Å². The summed E-state index contributed by atoms with van der Waals surface area (Å²) < 4.78 is 15.4. The fourth-order valence-corrected chi connectivity index (χ4v) is 3.21. The molecule has 2 N–H and O–H groups in total. The van der Waals surface area contributed by atoms with Crippen LogP contribution in [0.1, 0.15) is 21.1 Å². The van der Waals surface area contributed by atoms with E-state index in [-0.39, 0.29) is 36.7 Å². The Labute approximate surface area is 173 Å². The van der Waals surface area contributed by atoms with Gasteiger partial charge in [-0.3, -0.25) is 30.6 Å². The highest BCUT2D eigenvalue weighted by atomic mass is 32.1. The molecule has 2 aromatic rings. The van der Waals surface area contributed by atoms with E-state index < -0.39 is 35.0 Å². The number of amides is 2. The Kier molecular flexibility index (Phi) is 6.41. The van der Waals surface area contributed by atoms with Gasteiger partial charge in [0.2, 0.25) is 5.91 Å². The predicted molar refractivity (Wildman–Crippen MR) is 101 cm³/mol. The Morgan fingerprint density at radius 2 is 1.87 bits per heavy atom. The molecule has 1 aromatic heterocycles. The van der Waals surface area contributed by atoms with Crippen LogP contribution in [0.25, 0.3) is 0 Å². The van der Waals surface area contributed by atoms with Gasteiger partial charge in [-0.1, -0.05) is 0 Å². The molecule has 0 saturated heterocycles. The van der Waals surface area contributed by atoms with Crippen LogP contribution in [0.3, 0.4) is 0 Å². The van der Waals surface area contributed by atoms with E-state index in [0.29, 0.717) is 5.01 Å². The average molecular weight is 436 g/mol. The predicted octanol–water partition coefficient (Wildman–Crippen LogP) is 0.678. The second-order valence-corrected chi connectivity index (χ2v) is 6.94. The van der Waals surface area contributed by atoms with Crippen LogP contribution in [0.15, 0.2) is 17.5 Å². The number of aromatic nitrogens is 1. The van der Waals surface area contributed by atoms with Crippen molar-refractivity contribution in [1.82, 2.24) is 15.8 Å². The summed E-state index contributed by atoms with van der Waals surface area (Å²) in [4.78, 5) is 50.4. The van der Waals surface area contributed by atoms with Crippen molar-refractivity contribution in [3.05, 3.63) is 43.9 Å². The Balaban J connectivity index is 1.54. The van der Waals surface area contributed by atoms with Crippen molar-refractivity contribution in [2.45, 2.75) is 13.3 Å². The first-order valence-electron chi connectivity index (χ1n) is 8.57. The van der Waals surface area contributed by atoms with Gasteiger partial charge < -0.3 is 14.2 Å². The van der Waals surface area contributed by atoms with Crippen LogP contribution < -0.4 is 20.3 Å². The maximum absolute atomic E-state index is 12.2. The van der Waals surface area contributed by atoms with E-state index in [1.165, 1.54) is 11.3 Å². The van der Waals surface area contributed by atoms with E-state index in [4.69, 9.17) is 14.2 Å². The maximum Gasteiger partial charge on any atom is 0.345 e. The average Bonchev–Trinajstić information content (AvgIpc) is 3.13. The van der Waals surface area contributed by atoms with Crippen LogP contribution in [0, 0.1) is 17.0 Å². The zero-order chi connectivity index (χ0) is 21.7. The fraction of sp³-hybridized carbons (Fsp3) is 0.294. The summed E-state index contributed by atoms with van der Waals surface area (Å²) in [6, 6.07) is 2.19. The van der Waals surface area contributed by atoms with Gasteiger partial charge in [0.15, 0.2) is 18.1 Å². The number of hydrogen-bond donors (Lipinski definition) is 2. The lowest BCUT2D eigenvalue weighted by Gasteiger charge is -2.18. The molecule has 0 bridgehead atoms. The summed E-state index contributed by atoms with van der Waals surface area (Å²) in [7, 11) is 0. The van der Waals surface area contributed by atoms with Crippen molar-refractivity contribution < 1.29 is 33.5 Å². The molecule has 0 saturated carbocycles. The lowest BCUT2D eigenvalue weighted by molar-refractivity contribution is -0.385. The number of rotatable bonds is 6. The number of thiazole rings is 1. The highest BCUT2D eigenvalue weighted by Gasteiger charge is 2.27. The SMILES string of the molecule is Cc1csc(CC(=O)NNC(=O)COC(=O)c2cc3c(cc2[N+](=O)[O-])OCCO3)n1. The van der Waals surface area contributed by atoms with E-state index in [1.54, 1.807) is 12.3 Å². The molecule has 0 radical (unpaired) electrons. The molecule has 0 spiro atoms. The van der Waals surface area contributed by atoms with E-state index >= 15 is 0 Å². The van der Waals surface area contributed by atoms with Gasteiger partial charge in [-0.2, -0.15) is 0 Å². The number of nitrogens with one attached hydrogen (secondary N) is 2. The summed E-state index contributed by atoms with van der Waals surface area (Å²) in [5.74, 6) is -2.13. The highest BCUT2D eigenvalue weighted by Crippen LogP contribution is 2.36. The van der Waals surface area contributed by atoms with Gasteiger partial charge in [-0.25, -0.2) is 9.78 Å². The number of hydrogen-bond acceptors (Lipinski definition) is 10. The van der Waals surface area contributed by atoms with Crippen molar-refractivity contribution in [2.75, 3.05) is 19.8 Å². The Morgan fingerprint density at radius 1 is 1.20 bits per heavy atom. The molecule has 0 aliphatic carbocycles. The third-order valence-corrected chi connectivity index (χ3v) is 4.70. The molecular formula is C17H16N4O8S. The van der Waals surface area contributed by atoms with Gasteiger partial charge in [-0.05, 0) is 6.92 Å². The number of nitro groups is 1. The number of esters is 1. The Morgan fingerprint density at radius 3 is 2.50 bits per heavy atom. The largest absolute Gasteiger partial charge is 0.486 e. The first-order chi connectivity index (χ1) is 14.3. The number of carbonyl (C=O) groups excluding carboxylic acids is 3. The fourth-order valence-electron chi connectivity index (χ4n) is 2.44. The van der Waals surface area contributed by atoms with Gasteiger partial charge in [0.05, 0.1) is 17.4 Å². The Bertz CT molecular complexity index is 1010. The van der Waals surface area contributed by atoms with Gasteiger partial charge in [0.1, 0.15) is 23.8 Å². The quantitative estimate of drug-likeness (QED) is 0.377. The molecule has 13 heteroatoms. The minimum atomic E-state index is -1.10. The van der Waals surface area contributed by atoms with Gasteiger partial charge in [0, 0.05) is 17.1 Å². The molecule has 1 aromatic carbocycles. The minimum Gasteiger partial charge on any atom is -0.486 e. The zero-order valence-corrected chi connectivity index (χ0v) is 16.4. The summed E-state index contributed by atoms with van der Waals surface area (Å²) >= 11 is 1.31. The van der Waals surface area contributed by atoms with Crippen LogP contribution in [-0.4, -0.2) is 47.5 Å². The summed E-state index contributed by atoms with van der Waals surface area (Å²) in [5.41, 5.74) is 4.10. The second-order valence-electron chi connectivity index (χ2n) is 6.00. The highest BCUT2D eigenvalue weighted by molar-refractivity contribution is 7.09. The number of nitro benzene ring substituents is 1. The Hall–Kier alpha value is -3.74. The molecule has 12 nitrogen and oxygen atoms in total. The van der Waals surface area contributed by atoms with Crippen LogP contribution in [0.2, 0.25) is 0 Å². The molecule has 30 heavy (non-hydrogen) atoms. The summed E-state index contributed by atoms with van der Waals surface area (Å²) in [5, 5.41) is 13.6. The van der Waals surface area contributed by atoms with Crippen molar-refractivity contribution in [3.63, 3.8) is 0 Å². The number of nitrogens with zero attached hydrogens (tertiary/aromatic N) is 2. The maximum atomic E-state index is 12.2. The van der Waals surface area contributed by atoms with E-state index in [0.717, 1.165) is 17.8 Å². The number of ether oxygens (including phenoxy) is 3. The van der Waals surface area contributed by atoms with Crippen LogP contribution >= 0.6 is 11.3 Å². The van der Waals surface area contributed by atoms with Gasteiger partial charge >= 0.3 is 5.97 Å². The minimum absolute atomic E-state index is 0.0258. The van der Waals surface area contributed by atoms with Crippen LogP contribution in [-0.2, 0) is 20.7 Å². The number of aryl methyl sites for hydroxylation is 1. The van der Waals surface area contributed by atoms with E-state index in [1.807, 2.05) is 0 Å². The van der Waals surface area contributed by atoms with Crippen LogP contribution in [0.5, 0.6) is 11.5 Å². The second kappa shape index (κ2) is 9.17. The summed E-state index contributed by atoms with van der Waals surface area (Å²) in [6.07, 6.45) is -0.0258. The third-order valence-electron chi connectivity index (χ3n) is 3.73. The standard InChI is InChI=1S/C17H16N4O8S/c1-9-8-30-16(18-9)6-14(22)19-20-15(23)7-29-17(24)10-4-12-13(28-3-2-27-12)5-11(10)21(25)26/h4-5,8H,2-3,6-7H2,1H3,(H,19,22)(H,20,23). The molecule has 2 amide bonds. The van der Waals surface area contributed by atoms with E-state index in [2.05, 4.69) is 15.8 Å². The smallest absolute Gasteiger partial charge is 0.345 e. The third kappa shape index (κ3) is 5.20. The first kappa shape index (κ1) is 21.0. The molecule has 0 atom stereocenters. The van der Waals surface area contributed by atoms with Crippen molar-refractivity contribution >= 4 is 34.8 Å². The first-order valence-corrected chi connectivity index (χ1v) is 9.45. The molecule has 3 rings (SSSR count). The number of hydrazine groups is 1.